The van der Waals surface area contributed by atoms with Crippen molar-refractivity contribution in [1.29, 1.82) is 0 Å². The van der Waals surface area contributed by atoms with Crippen molar-refractivity contribution < 1.29 is 0 Å². The number of hydrogen-bond acceptors (Lipinski definition) is 3. The molecule has 114 valence electrons. The summed E-state index contributed by atoms with van der Waals surface area (Å²) in [4.78, 5) is 1.27. The van der Waals surface area contributed by atoms with Gasteiger partial charge in [-0.2, -0.15) is 5.10 Å². The van der Waals surface area contributed by atoms with Crippen LogP contribution in [0.1, 0.15) is 30.7 Å². The minimum absolute atomic E-state index is 0.688. The third-order valence-electron chi connectivity index (χ3n) is 3.36. The Hall–Kier alpha value is -1.26. The van der Waals surface area contributed by atoms with Crippen molar-refractivity contribution >= 4 is 11.8 Å². The summed E-state index contributed by atoms with van der Waals surface area (Å²) in [5, 5.41) is 9.07. The van der Waals surface area contributed by atoms with Crippen molar-refractivity contribution in [3.05, 3.63) is 41.1 Å². The van der Waals surface area contributed by atoms with Gasteiger partial charge in [0.15, 0.2) is 0 Å². The summed E-state index contributed by atoms with van der Waals surface area (Å²) in [5.41, 5.74) is 3.78. The molecule has 2 rings (SSSR count). The van der Waals surface area contributed by atoms with Gasteiger partial charge in [0.25, 0.3) is 0 Å². The normalized spacial score (nSPS) is 11.3. The summed E-state index contributed by atoms with van der Waals surface area (Å²) in [6, 6.07) is 8.82. The van der Waals surface area contributed by atoms with E-state index in [0.29, 0.717) is 5.92 Å². The summed E-state index contributed by atoms with van der Waals surface area (Å²) >= 11 is 1.77. The molecule has 0 radical (unpaired) electrons. The van der Waals surface area contributed by atoms with Crippen LogP contribution >= 0.6 is 11.8 Å². The molecule has 0 saturated carbocycles. The van der Waals surface area contributed by atoms with Gasteiger partial charge in [0.05, 0.1) is 10.7 Å². The first kappa shape index (κ1) is 16.1. The highest BCUT2D eigenvalue weighted by atomic mass is 32.2. The Morgan fingerprint density at radius 1 is 1.24 bits per heavy atom. The molecule has 0 aliphatic rings. The van der Waals surface area contributed by atoms with Crippen molar-refractivity contribution in [3.8, 4) is 0 Å². The minimum atomic E-state index is 0.688. The smallest absolute Gasteiger partial charge is 0.0986 e. The fourth-order valence-electron chi connectivity index (χ4n) is 2.23. The molecule has 0 atom stereocenters. The van der Waals surface area contributed by atoms with Gasteiger partial charge in [-0.1, -0.05) is 31.7 Å². The molecule has 1 N–H and O–H groups in total. The molecular weight excluding hydrogens is 278 g/mol. The average molecular weight is 303 g/mol. The number of aromatic nitrogens is 2. The van der Waals surface area contributed by atoms with Gasteiger partial charge in [0, 0.05) is 18.5 Å². The first-order chi connectivity index (χ1) is 9.95. The molecule has 0 saturated heterocycles. The van der Waals surface area contributed by atoms with E-state index in [1.165, 1.54) is 21.0 Å². The van der Waals surface area contributed by atoms with Crippen LogP contribution in [0.4, 0.5) is 0 Å². The van der Waals surface area contributed by atoms with Crippen LogP contribution in [0.3, 0.4) is 0 Å². The molecule has 0 amide bonds. The van der Waals surface area contributed by atoms with E-state index in [4.69, 9.17) is 0 Å². The van der Waals surface area contributed by atoms with Crippen molar-refractivity contribution in [2.24, 2.45) is 13.0 Å². The second kappa shape index (κ2) is 7.14. The predicted molar refractivity (Wildman–Crippen MR) is 89.8 cm³/mol. The minimum Gasteiger partial charge on any atom is -0.312 e. The van der Waals surface area contributed by atoms with E-state index >= 15 is 0 Å². The van der Waals surface area contributed by atoms with E-state index in [1.54, 1.807) is 11.8 Å². The van der Waals surface area contributed by atoms with Crippen LogP contribution < -0.4 is 5.32 Å². The Kier molecular flexibility index (Phi) is 5.48. The van der Waals surface area contributed by atoms with E-state index in [-0.39, 0.29) is 0 Å². The quantitative estimate of drug-likeness (QED) is 0.877. The Labute approximate surface area is 132 Å². The lowest BCUT2D eigenvalue weighted by molar-refractivity contribution is 0.551. The standard InChI is InChI=1S/C17H25N3S/c1-12(2)10-18-11-15-6-7-16(8-13(15)3)21-17-9-14(4)19-20(17)5/h6-9,12,18H,10-11H2,1-5H3. The largest absolute Gasteiger partial charge is 0.312 e. The molecule has 0 spiro atoms. The summed E-state index contributed by atoms with van der Waals surface area (Å²) < 4.78 is 1.94. The Balaban J connectivity index is 2.03. The van der Waals surface area contributed by atoms with E-state index in [2.05, 4.69) is 55.5 Å². The highest BCUT2D eigenvalue weighted by molar-refractivity contribution is 7.99. The summed E-state index contributed by atoms with van der Waals surface area (Å²) in [6.45, 7) is 10.7. The van der Waals surface area contributed by atoms with Gasteiger partial charge in [-0.25, -0.2) is 0 Å². The highest BCUT2D eigenvalue weighted by Crippen LogP contribution is 2.29. The monoisotopic (exact) mass is 303 g/mol. The SMILES string of the molecule is Cc1cc(Sc2ccc(CNCC(C)C)c(C)c2)n(C)n1. The van der Waals surface area contributed by atoms with Crippen molar-refractivity contribution in [2.75, 3.05) is 6.54 Å². The number of rotatable bonds is 6. The first-order valence-electron chi connectivity index (χ1n) is 7.44. The lowest BCUT2D eigenvalue weighted by Gasteiger charge is -2.11. The van der Waals surface area contributed by atoms with Gasteiger partial charge in [-0.3, -0.25) is 4.68 Å². The van der Waals surface area contributed by atoms with Crippen LogP contribution in [-0.4, -0.2) is 16.3 Å². The van der Waals surface area contributed by atoms with Gasteiger partial charge >= 0.3 is 0 Å². The molecule has 1 heterocycles. The van der Waals surface area contributed by atoms with Crippen LogP contribution in [0, 0.1) is 19.8 Å². The van der Waals surface area contributed by atoms with E-state index in [9.17, 15) is 0 Å². The summed E-state index contributed by atoms with van der Waals surface area (Å²) in [7, 11) is 1.99. The fraction of sp³-hybridized carbons (Fsp3) is 0.471. The van der Waals surface area contributed by atoms with Gasteiger partial charge < -0.3 is 5.32 Å². The topological polar surface area (TPSA) is 29.9 Å². The van der Waals surface area contributed by atoms with Crippen molar-refractivity contribution in [1.82, 2.24) is 15.1 Å². The number of hydrogen-bond donors (Lipinski definition) is 1. The zero-order valence-electron chi connectivity index (χ0n) is 13.6. The Morgan fingerprint density at radius 2 is 2.00 bits per heavy atom. The van der Waals surface area contributed by atoms with Gasteiger partial charge in [-0.15, -0.1) is 0 Å². The molecule has 3 nitrogen and oxygen atoms in total. The second-order valence-corrected chi connectivity index (χ2v) is 7.06. The molecule has 1 aromatic carbocycles. The van der Waals surface area contributed by atoms with Crippen LogP contribution in [0.5, 0.6) is 0 Å². The van der Waals surface area contributed by atoms with E-state index < -0.39 is 0 Å². The zero-order chi connectivity index (χ0) is 15.4. The maximum atomic E-state index is 4.39. The maximum Gasteiger partial charge on any atom is 0.0986 e. The summed E-state index contributed by atoms with van der Waals surface area (Å²) in [6.07, 6.45) is 0. The molecule has 0 unspecified atom stereocenters. The predicted octanol–water partition coefficient (Wildman–Crippen LogP) is 3.93. The van der Waals surface area contributed by atoms with Crippen molar-refractivity contribution in [3.63, 3.8) is 0 Å². The van der Waals surface area contributed by atoms with Crippen LogP contribution in [0.2, 0.25) is 0 Å². The lowest BCUT2D eigenvalue weighted by Crippen LogP contribution is -2.19. The van der Waals surface area contributed by atoms with E-state index in [0.717, 1.165) is 18.8 Å². The molecule has 21 heavy (non-hydrogen) atoms. The fourth-order valence-corrected chi connectivity index (χ4v) is 3.24. The molecule has 0 aliphatic carbocycles. The van der Waals surface area contributed by atoms with Crippen LogP contribution in [-0.2, 0) is 13.6 Å². The number of benzene rings is 1. The summed E-state index contributed by atoms with van der Waals surface area (Å²) in [5.74, 6) is 0.688. The molecular formula is C17H25N3S. The maximum absolute atomic E-state index is 4.39. The Bertz CT molecular complexity index is 602. The average Bonchev–Trinajstić information content (AvgIpc) is 2.70. The van der Waals surface area contributed by atoms with E-state index in [1.807, 2.05) is 18.7 Å². The zero-order valence-corrected chi connectivity index (χ0v) is 14.4. The molecule has 0 bridgehead atoms. The first-order valence-corrected chi connectivity index (χ1v) is 8.26. The third kappa shape index (κ3) is 4.61. The molecule has 2 aromatic rings. The van der Waals surface area contributed by atoms with Crippen LogP contribution in [0.15, 0.2) is 34.2 Å². The van der Waals surface area contributed by atoms with Crippen molar-refractivity contribution in [2.45, 2.75) is 44.2 Å². The molecule has 0 aliphatic heterocycles. The molecule has 0 fully saturated rings. The van der Waals surface area contributed by atoms with Gasteiger partial charge in [0.1, 0.15) is 0 Å². The number of nitrogens with one attached hydrogen (secondary N) is 1. The number of aryl methyl sites for hydroxylation is 3. The second-order valence-electron chi connectivity index (χ2n) is 5.96. The lowest BCUT2D eigenvalue weighted by atomic mass is 10.1. The van der Waals surface area contributed by atoms with Gasteiger partial charge in [0.2, 0.25) is 0 Å². The highest BCUT2D eigenvalue weighted by Gasteiger charge is 2.06. The Morgan fingerprint density at radius 3 is 2.57 bits per heavy atom. The molecule has 4 heteroatoms. The van der Waals surface area contributed by atoms with Gasteiger partial charge in [-0.05, 0) is 55.6 Å². The number of nitrogens with zero attached hydrogens (tertiary/aromatic N) is 2. The van der Waals surface area contributed by atoms with Crippen LogP contribution in [0.25, 0.3) is 0 Å². The molecule has 1 aromatic heterocycles. The third-order valence-corrected chi connectivity index (χ3v) is 4.44.